The van der Waals surface area contributed by atoms with Crippen LogP contribution in [0.25, 0.3) is 0 Å². The zero-order valence-corrected chi connectivity index (χ0v) is 14.8. The van der Waals surface area contributed by atoms with Crippen molar-refractivity contribution in [2.24, 2.45) is 11.8 Å². The fourth-order valence-corrected chi connectivity index (χ4v) is 3.78. The first-order valence-corrected chi connectivity index (χ1v) is 9.32. The van der Waals surface area contributed by atoms with Crippen LogP contribution >= 0.6 is 0 Å². The summed E-state index contributed by atoms with van der Waals surface area (Å²) < 4.78 is 19.7. The average Bonchev–Trinajstić information content (AvgIpc) is 2.91. The van der Waals surface area contributed by atoms with Gasteiger partial charge in [0.25, 0.3) is 5.91 Å². The predicted octanol–water partition coefficient (Wildman–Crippen LogP) is 3.97. The number of carbonyl (C=O) groups excluding carboxylic acids is 2. The van der Waals surface area contributed by atoms with Gasteiger partial charge in [-0.25, -0.2) is 4.39 Å². The highest BCUT2D eigenvalue weighted by Crippen LogP contribution is 2.33. The van der Waals surface area contributed by atoms with Gasteiger partial charge in [-0.15, -0.1) is 0 Å². The molecule has 0 bridgehead atoms. The Kier molecular flexibility index (Phi) is 5.71. The van der Waals surface area contributed by atoms with E-state index in [1.165, 1.54) is 6.07 Å². The molecule has 0 N–H and O–H groups in total. The monoisotopic (exact) mass is 347 g/mol. The number of nitrogens with zero attached hydrogens (tertiary/aromatic N) is 1. The van der Waals surface area contributed by atoms with Crippen molar-refractivity contribution in [1.29, 1.82) is 0 Å². The minimum Gasteiger partial charge on any atom is -0.490 e. The van der Waals surface area contributed by atoms with Crippen molar-refractivity contribution in [3.8, 4) is 5.75 Å². The molecule has 0 aromatic heterocycles. The van der Waals surface area contributed by atoms with E-state index < -0.39 is 5.82 Å². The van der Waals surface area contributed by atoms with Crippen LogP contribution in [0.15, 0.2) is 12.1 Å². The van der Waals surface area contributed by atoms with Gasteiger partial charge in [-0.1, -0.05) is 13.3 Å². The second kappa shape index (κ2) is 7.98. The summed E-state index contributed by atoms with van der Waals surface area (Å²) in [5.41, 5.74) is 1.31. The number of halogens is 1. The minimum atomic E-state index is -0.393. The number of hydrogen-bond donors (Lipinski definition) is 0. The summed E-state index contributed by atoms with van der Waals surface area (Å²) >= 11 is 0. The van der Waals surface area contributed by atoms with Gasteiger partial charge in [0.2, 0.25) is 0 Å². The summed E-state index contributed by atoms with van der Waals surface area (Å²) in [6, 6.07) is 3.00. The maximum atomic E-state index is 14.2. The quantitative estimate of drug-likeness (QED) is 0.554. The van der Waals surface area contributed by atoms with Crippen LogP contribution < -0.4 is 4.74 Å². The lowest BCUT2D eigenvalue weighted by Gasteiger charge is -2.29. The highest BCUT2D eigenvalue weighted by molar-refractivity contribution is 5.98. The molecule has 4 nitrogen and oxygen atoms in total. The predicted molar refractivity (Wildman–Crippen MR) is 93.1 cm³/mol. The van der Waals surface area contributed by atoms with Crippen LogP contribution in [-0.4, -0.2) is 30.2 Å². The maximum Gasteiger partial charge on any atom is 0.254 e. The van der Waals surface area contributed by atoms with Gasteiger partial charge in [0.05, 0.1) is 6.61 Å². The van der Waals surface area contributed by atoms with Gasteiger partial charge in [0, 0.05) is 24.6 Å². The minimum absolute atomic E-state index is 0.0344. The molecular formula is C20H26FNO3. The largest absolute Gasteiger partial charge is 0.490 e. The molecule has 0 saturated heterocycles. The molecule has 1 aliphatic heterocycles. The van der Waals surface area contributed by atoms with E-state index in [-0.39, 0.29) is 17.6 Å². The van der Waals surface area contributed by atoms with E-state index in [1.807, 2.05) is 11.8 Å². The molecule has 1 fully saturated rings. The Bertz CT molecular complexity index is 638. The summed E-state index contributed by atoms with van der Waals surface area (Å²) in [7, 11) is 0. The highest BCUT2D eigenvalue weighted by Gasteiger charge is 2.32. The van der Waals surface area contributed by atoms with Crippen molar-refractivity contribution in [3.05, 3.63) is 29.1 Å². The Labute approximate surface area is 148 Å². The summed E-state index contributed by atoms with van der Waals surface area (Å²) in [5, 5.41) is 0. The zero-order chi connectivity index (χ0) is 17.8. The second-order valence-electron chi connectivity index (χ2n) is 7.24. The molecule has 1 amide bonds. The smallest absolute Gasteiger partial charge is 0.254 e. The molecule has 25 heavy (non-hydrogen) atoms. The van der Waals surface area contributed by atoms with Gasteiger partial charge in [-0.3, -0.25) is 4.79 Å². The molecule has 0 atom stereocenters. The van der Waals surface area contributed by atoms with Crippen LogP contribution in [0, 0.1) is 17.7 Å². The first-order chi connectivity index (χ1) is 12.1. The number of amides is 1. The number of benzene rings is 1. The molecule has 1 aromatic carbocycles. The first-order valence-electron chi connectivity index (χ1n) is 9.32. The molecule has 1 aromatic rings. The van der Waals surface area contributed by atoms with Crippen molar-refractivity contribution in [2.75, 3.05) is 13.2 Å². The number of carbonyl (C=O) groups is 2. The third-order valence-electron chi connectivity index (χ3n) is 5.35. The Morgan fingerprint density at radius 2 is 2.04 bits per heavy atom. The van der Waals surface area contributed by atoms with Gasteiger partial charge in [0.15, 0.2) is 11.6 Å². The van der Waals surface area contributed by atoms with E-state index in [0.717, 1.165) is 50.4 Å². The van der Waals surface area contributed by atoms with Gasteiger partial charge >= 0.3 is 0 Å². The Morgan fingerprint density at radius 3 is 2.72 bits per heavy atom. The molecule has 3 rings (SSSR count). The Hall–Kier alpha value is -1.91. The third kappa shape index (κ3) is 4.02. The number of unbranched alkanes of at least 4 members (excludes halogenated alkanes) is 1. The lowest BCUT2D eigenvalue weighted by atomic mass is 9.82. The van der Waals surface area contributed by atoms with E-state index in [1.54, 1.807) is 6.07 Å². The van der Waals surface area contributed by atoms with E-state index in [4.69, 9.17) is 4.74 Å². The molecule has 1 saturated carbocycles. The van der Waals surface area contributed by atoms with Crippen molar-refractivity contribution >= 4 is 12.2 Å². The van der Waals surface area contributed by atoms with Crippen LogP contribution in [0.4, 0.5) is 4.39 Å². The zero-order valence-electron chi connectivity index (χ0n) is 14.8. The summed E-state index contributed by atoms with van der Waals surface area (Å²) in [4.78, 5) is 25.3. The van der Waals surface area contributed by atoms with Crippen molar-refractivity contribution in [2.45, 2.75) is 52.0 Å². The Balaban J connectivity index is 1.63. The number of hydrogen-bond acceptors (Lipinski definition) is 3. The van der Waals surface area contributed by atoms with Crippen molar-refractivity contribution in [1.82, 2.24) is 4.90 Å². The van der Waals surface area contributed by atoms with Crippen molar-refractivity contribution in [3.63, 3.8) is 0 Å². The summed E-state index contributed by atoms with van der Waals surface area (Å²) in [5.74, 6) is 0.358. The van der Waals surface area contributed by atoms with E-state index in [9.17, 15) is 14.0 Å². The molecule has 136 valence electrons. The van der Waals surface area contributed by atoms with Gasteiger partial charge in [0.1, 0.15) is 6.29 Å². The molecule has 1 aliphatic carbocycles. The van der Waals surface area contributed by atoms with E-state index >= 15 is 0 Å². The lowest BCUT2D eigenvalue weighted by Crippen LogP contribution is -2.32. The first kappa shape index (κ1) is 17.9. The van der Waals surface area contributed by atoms with Crippen LogP contribution in [0.3, 0.4) is 0 Å². The Morgan fingerprint density at radius 1 is 1.28 bits per heavy atom. The van der Waals surface area contributed by atoms with Gasteiger partial charge < -0.3 is 14.4 Å². The molecule has 1 heterocycles. The van der Waals surface area contributed by atoms with Crippen molar-refractivity contribution < 1.29 is 18.7 Å². The SMILES string of the molecule is CCCCOc1cc2c(cc1F)CN(CC1CCC(C=O)CC1)C2=O. The van der Waals surface area contributed by atoms with E-state index in [0.29, 0.717) is 31.2 Å². The van der Waals surface area contributed by atoms with Crippen LogP contribution in [-0.2, 0) is 11.3 Å². The molecule has 2 aliphatic rings. The van der Waals surface area contributed by atoms with Gasteiger partial charge in [-0.2, -0.15) is 0 Å². The average molecular weight is 347 g/mol. The molecule has 0 spiro atoms. The summed E-state index contributed by atoms with van der Waals surface area (Å²) in [6.45, 7) is 3.66. The fourth-order valence-electron chi connectivity index (χ4n) is 3.78. The van der Waals surface area contributed by atoms with Crippen LogP contribution in [0.2, 0.25) is 0 Å². The van der Waals surface area contributed by atoms with Crippen LogP contribution in [0.1, 0.15) is 61.4 Å². The topological polar surface area (TPSA) is 46.6 Å². The molecule has 0 radical (unpaired) electrons. The number of ether oxygens (including phenoxy) is 1. The highest BCUT2D eigenvalue weighted by atomic mass is 19.1. The van der Waals surface area contributed by atoms with E-state index in [2.05, 4.69) is 0 Å². The number of fused-ring (bicyclic) bond motifs is 1. The van der Waals surface area contributed by atoms with Crippen LogP contribution in [0.5, 0.6) is 5.75 Å². The lowest BCUT2D eigenvalue weighted by molar-refractivity contribution is -0.112. The normalized spacial score (nSPS) is 22.8. The second-order valence-corrected chi connectivity index (χ2v) is 7.24. The molecule has 0 unspecified atom stereocenters. The summed E-state index contributed by atoms with van der Waals surface area (Å²) in [6.07, 6.45) is 6.66. The molecule has 5 heteroatoms. The number of aldehydes is 1. The fraction of sp³-hybridized carbons (Fsp3) is 0.600. The standard InChI is InChI=1S/C20H26FNO3/c1-2-3-8-25-19-10-17-16(9-18(19)21)12-22(20(17)24)11-14-4-6-15(13-23)7-5-14/h9-10,13-15H,2-8,11-12H2,1H3. The number of rotatable bonds is 7. The maximum absolute atomic E-state index is 14.2. The van der Waals surface area contributed by atoms with Gasteiger partial charge in [-0.05, 0) is 55.7 Å². The third-order valence-corrected chi connectivity index (χ3v) is 5.35. The molecular weight excluding hydrogens is 321 g/mol.